The second kappa shape index (κ2) is 10.4. The van der Waals surface area contributed by atoms with E-state index in [1.807, 2.05) is 29.6 Å². The Labute approximate surface area is 210 Å². The van der Waals surface area contributed by atoms with Gasteiger partial charge in [0, 0.05) is 37.8 Å². The summed E-state index contributed by atoms with van der Waals surface area (Å²) in [5.41, 5.74) is 4.21. The largest absolute Gasteiger partial charge is 0.301 e. The van der Waals surface area contributed by atoms with Crippen LogP contribution in [-0.4, -0.2) is 31.4 Å². The normalized spacial score (nSPS) is 11.3. The highest BCUT2D eigenvalue weighted by Crippen LogP contribution is 2.34. The summed E-state index contributed by atoms with van der Waals surface area (Å²) in [4.78, 5) is 18.4. The maximum atomic E-state index is 12.6. The summed E-state index contributed by atoms with van der Waals surface area (Å²) in [6, 6.07) is 7.64. The molecule has 4 aromatic rings. The number of rotatable bonds is 8. The lowest BCUT2D eigenvalue weighted by Crippen LogP contribution is -2.15. The number of hydrogen-bond donors (Lipinski definition) is 1. The molecule has 10 heteroatoms. The molecule has 3 heterocycles. The molecule has 1 aromatic carbocycles. The van der Waals surface area contributed by atoms with E-state index in [0.29, 0.717) is 10.2 Å². The van der Waals surface area contributed by atoms with Crippen molar-refractivity contribution in [1.82, 2.24) is 19.7 Å². The van der Waals surface area contributed by atoms with Gasteiger partial charge in [0.2, 0.25) is 5.91 Å². The molecular formula is C23H24ClN5OS3. The average Bonchev–Trinajstić information content (AvgIpc) is 3.50. The Kier molecular flexibility index (Phi) is 7.53. The topological polar surface area (TPSA) is 72.7 Å². The van der Waals surface area contributed by atoms with Crippen LogP contribution in [-0.2, 0) is 11.2 Å². The number of nitrogens with zero attached hydrogens (tertiary/aromatic N) is 4. The predicted octanol–water partition coefficient (Wildman–Crippen LogP) is 6.97. The Balaban J connectivity index is 1.44. The first-order valence-corrected chi connectivity index (χ1v) is 13.7. The highest BCUT2D eigenvalue weighted by Gasteiger charge is 2.21. The van der Waals surface area contributed by atoms with E-state index in [1.165, 1.54) is 33.5 Å². The van der Waals surface area contributed by atoms with Crippen LogP contribution in [0.2, 0.25) is 5.02 Å². The Morgan fingerprint density at radius 2 is 1.94 bits per heavy atom. The van der Waals surface area contributed by atoms with E-state index in [4.69, 9.17) is 11.6 Å². The number of aromatic nitrogens is 4. The summed E-state index contributed by atoms with van der Waals surface area (Å²) >= 11 is 10.5. The number of nitrogens with one attached hydrogen (secondary N) is 1. The molecule has 33 heavy (non-hydrogen) atoms. The quantitative estimate of drug-likeness (QED) is 0.255. The second-order valence-corrected chi connectivity index (χ2v) is 11.0. The van der Waals surface area contributed by atoms with Crippen LogP contribution in [0.25, 0.3) is 22.6 Å². The molecule has 0 aliphatic rings. The molecule has 1 N–H and O–H groups in total. The van der Waals surface area contributed by atoms with E-state index in [0.717, 1.165) is 34.2 Å². The fourth-order valence-corrected chi connectivity index (χ4v) is 6.17. The first kappa shape index (κ1) is 23.9. The van der Waals surface area contributed by atoms with Crippen molar-refractivity contribution in [2.45, 2.75) is 45.3 Å². The van der Waals surface area contributed by atoms with Crippen molar-refractivity contribution in [2.24, 2.45) is 0 Å². The third-order valence-electron chi connectivity index (χ3n) is 5.10. The van der Waals surface area contributed by atoms with Crippen molar-refractivity contribution >= 4 is 57.1 Å². The molecule has 0 aliphatic carbocycles. The number of amides is 1. The Morgan fingerprint density at radius 3 is 2.64 bits per heavy atom. The summed E-state index contributed by atoms with van der Waals surface area (Å²) in [6.07, 6.45) is 0.951. The van der Waals surface area contributed by atoms with E-state index in [2.05, 4.69) is 58.1 Å². The van der Waals surface area contributed by atoms with Crippen molar-refractivity contribution in [2.75, 3.05) is 11.1 Å². The first-order chi connectivity index (χ1) is 15.9. The molecule has 0 radical (unpaired) electrons. The van der Waals surface area contributed by atoms with Gasteiger partial charge >= 0.3 is 0 Å². The van der Waals surface area contributed by atoms with Crippen LogP contribution in [0, 0.1) is 6.92 Å². The average molecular weight is 518 g/mol. The number of carbonyl (C=O) groups excluding carboxylic acids is 1. The molecule has 0 saturated heterocycles. The van der Waals surface area contributed by atoms with Gasteiger partial charge in [0.25, 0.3) is 0 Å². The number of benzene rings is 1. The zero-order valence-electron chi connectivity index (χ0n) is 18.8. The van der Waals surface area contributed by atoms with Gasteiger partial charge in [0.05, 0.1) is 11.4 Å². The molecule has 6 nitrogen and oxygen atoms in total. The smallest absolute Gasteiger partial charge is 0.236 e. The standard InChI is InChI=1S/C23H24ClN5OS3/c1-5-17-14(4)31-10-18(17)21-27-28-23(29(21)13(2)3)33-12-20(30)26-22-25-19(11-32-22)15-6-8-16(24)9-7-15/h6-11,13H,5,12H2,1-4H3,(H,25,26,30). The van der Waals surface area contributed by atoms with Crippen molar-refractivity contribution in [3.05, 3.63) is 50.5 Å². The third kappa shape index (κ3) is 5.32. The van der Waals surface area contributed by atoms with E-state index in [1.54, 1.807) is 11.3 Å². The monoisotopic (exact) mass is 517 g/mol. The number of thiazole rings is 1. The fraction of sp³-hybridized carbons (Fsp3) is 0.304. The molecule has 1 amide bonds. The molecule has 172 valence electrons. The zero-order valence-corrected chi connectivity index (χ0v) is 22.0. The third-order valence-corrected chi connectivity index (χ3v) is 8.01. The number of thiophene rings is 1. The van der Waals surface area contributed by atoms with E-state index >= 15 is 0 Å². The summed E-state index contributed by atoms with van der Waals surface area (Å²) in [7, 11) is 0. The first-order valence-electron chi connectivity index (χ1n) is 10.5. The number of aryl methyl sites for hydroxylation is 1. The van der Waals surface area contributed by atoms with Gasteiger partial charge < -0.3 is 5.32 Å². The minimum atomic E-state index is -0.127. The lowest BCUT2D eigenvalue weighted by Gasteiger charge is -2.14. The van der Waals surface area contributed by atoms with Gasteiger partial charge in [-0.3, -0.25) is 9.36 Å². The van der Waals surface area contributed by atoms with Crippen molar-refractivity contribution < 1.29 is 4.79 Å². The number of hydrogen-bond acceptors (Lipinski definition) is 7. The van der Waals surface area contributed by atoms with Crippen LogP contribution in [0.4, 0.5) is 5.13 Å². The van der Waals surface area contributed by atoms with Crippen LogP contribution in [0.3, 0.4) is 0 Å². The molecule has 0 aliphatic heterocycles. The molecule has 0 bridgehead atoms. The highest BCUT2D eigenvalue weighted by atomic mass is 35.5. The van der Waals surface area contributed by atoms with Crippen LogP contribution >= 0.6 is 46.0 Å². The van der Waals surface area contributed by atoms with Crippen LogP contribution < -0.4 is 5.32 Å². The summed E-state index contributed by atoms with van der Waals surface area (Å²) in [6.45, 7) is 8.51. The maximum absolute atomic E-state index is 12.6. The Morgan fingerprint density at radius 1 is 1.18 bits per heavy atom. The number of halogens is 1. The summed E-state index contributed by atoms with van der Waals surface area (Å²) in [5, 5.41) is 17.8. The minimum absolute atomic E-state index is 0.127. The van der Waals surface area contributed by atoms with Gasteiger partial charge in [-0.15, -0.1) is 32.9 Å². The van der Waals surface area contributed by atoms with Crippen molar-refractivity contribution in [3.63, 3.8) is 0 Å². The summed E-state index contributed by atoms with van der Waals surface area (Å²) in [5.74, 6) is 0.962. The van der Waals surface area contributed by atoms with Crippen LogP contribution in [0.1, 0.15) is 37.3 Å². The van der Waals surface area contributed by atoms with Gasteiger partial charge in [-0.1, -0.05) is 42.4 Å². The minimum Gasteiger partial charge on any atom is -0.301 e. The van der Waals surface area contributed by atoms with Crippen molar-refractivity contribution in [3.8, 4) is 22.6 Å². The fourth-order valence-electron chi connectivity index (χ4n) is 3.50. The highest BCUT2D eigenvalue weighted by molar-refractivity contribution is 7.99. The summed E-state index contributed by atoms with van der Waals surface area (Å²) < 4.78 is 2.11. The van der Waals surface area contributed by atoms with Crippen LogP contribution in [0.15, 0.2) is 40.2 Å². The molecule has 3 aromatic heterocycles. The van der Waals surface area contributed by atoms with E-state index in [-0.39, 0.29) is 17.7 Å². The zero-order chi connectivity index (χ0) is 23.5. The number of thioether (sulfide) groups is 1. The molecular weight excluding hydrogens is 494 g/mol. The maximum Gasteiger partial charge on any atom is 0.236 e. The molecule has 0 atom stereocenters. The number of anilines is 1. The predicted molar refractivity (Wildman–Crippen MR) is 140 cm³/mol. The van der Waals surface area contributed by atoms with Gasteiger partial charge in [0.15, 0.2) is 16.1 Å². The SMILES string of the molecule is CCc1c(-c2nnc(SCC(=O)Nc3nc(-c4ccc(Cl)cc4)cs3)n2C(C)C)csc1C. The van der Waals surface area contributed by atoms with Crippen LogP contribution in [0.5, 0.6) is 0 Å². The molecule has 0 fully saturated rings. The molecule has 0 unspecified atom stereocenters. The van der Waals surface area contributed by atoms with E-state index in [9.17, 15) is 4.79 Å². The lowest BCUT2D eigenvalue weighted by molar-refractivity contribution is -0.113. The lowest BCUT2D eigenvalue weighted by atomic mass is 10.1. The molecule has 4 rings (SSSR count). The van der Waals surface area contributed by atoms with Gasteiger partial charge in [-0.25, -0.2) is 4.98 Å². The molecule has 0 spiro atoms. The van der Waals surface area contributed by atoms with E-state index < -0.39 is 0 Å². The van der Waals surface area contributed by atoms with Gasteiger partial charge in [0.1, 0.15) is 0 Å². The Hall–Kier alpha value is -2.20. The van der Waals surface area contributed by atoms with Gasteiger partial charge in [-0.2, -0.15) is 0 Å². The Bertz CT molecular complexity index is 1260. The second-order valence-electron chi connectivity index (χ2n) is 7.69. The molecule has 0 saturated carbocycles. The van der Waals surface area contributed by atoms with Gasteiger partial charge in [-0.05, 0) is 44.9 Å². The number of carbonyl (C=O) groups is 1. The van der Waals surface area contributed by atoms with Crippen molar-refractivity contribution in [1.29, 1.82) is 0 Å².